The van der Waals surface area contributed by atoms with E-state index in [4.69, 9.17) is 4.52 Å². The SMILES string of the molecule is CCCCc1noc(-c2ccc(C(=O)NC[C@@H]3CCC[C@@H]3c3ccccc3)cc2)n1. The molecular weight excluding hydrogens is 374 g/mol. The summed E-state index contributed by atoms with van der Waals surface area (Å²) in [5, 5.41) is 7.16. The number of nitrogens with zero attached hydrogens (tertiary/aromatic N) is 2. The smallest absolute Gasteiger partial charge is 0.257 e. The Morgan fingerprint density at radius 1 is 1.10 bits per heavy atom. The van der Waals surface area contributed by atoms with Crippen LogP contribution in [0.4, 0.5) is 0 Å². The molecule has 0 saturated heterocycles. The second kappa shape index (κ2) is 9.70. The van der Waals surface area contributed by atoms with Crippen molar-refractivity contribution in [3.8, 4) is 11.5 Å². The minimum Gasteiger partial charge on any atom is -0.352 e. The Morgan fingerprint density at radius 2 is 1.90 bits per heavy atom. The van der Waals surface area contributed by atoms with Crippen molar-refractivity contribution in [2.75, 3.05) is 6.54 Å². The fraction of sp³-hybridized carbons (Fsp3) is 0.400. The van der Waals surface area contributed by atoms with Crippen molar-refractivity contribution >= 4 is 5.91 Å². The quantitative estimate of drug-likeness (QED) is 0.547. The first kappa shape index (κ1) is 20.3. The normalized spacial score (nSPS) is 18.4. The third kappa shape index (κ3) is 4.78. The number of benzene rings is 2. The van der Waals surface area contributed by atoms with Gasteiger partial charge >= 0.3 is 0 Å². The van der Waals surface area contributed by atoms with Crippen LogP contribution in [0.15, 0.2) is 59.1 Å². The highest BCUT2D eigenvalue weighted by Crippen LogP contribution is 2.39. The van der Waals surface area contributed by atoms with Gasteiger partial charge in [-0.15, -0.1) is 0 Å². The number of nitrogens with one attached hydrogen (secondary N) is 1. The number of carbonyl (C=O) groups is 1. The fourth-order valence-corrected chi connectivity index (χ4v) is 4.32. The van der Waals surface area contributed by atoms with Gasteiger partial charge in [-0.05, 0) is 60.9 Å². The average molecular weight is 404 g/mol. The molecule has 5 heteroatoms. The molecule has 1 heterocycles. The van der Waals surface area contributed by atoms with Gasteiger partial charge in [-0.25, -0.2) is 0 Å². The lowest BCUT2D eigenvalue weighted by molar-refractivity contribution is 0.0946. The van der Waals surface area contributed by atoms with Crippen LogP contribution >= 0.6 is 0 Å². The van der Waals surface area contributed by atoms with Crippen LogP contribution in [0, 0.1) is 5.92 Å². The summed E-state index contributed by atoms with van der Waals surface area (Å²) in [4.78, 5) is 17.1. The Hall–Kier alpha value is -2.95. The van der Waals surface area contributed by atoms with Crippen molar-refractivity contribution in [3.63, 3.8) is 0 Å². The van der Waals surface area contributed by atoms with Crippen LogP contribution in [0.25, 0.3) is 11.5 Å². The second-order valence-corrected chi connectivity index (χ2v) is 8.11. The number of hydrogen-bond acceptors (Lipinski definition) is 4. The molecule has 0 aliphatic heterocycles. The first-order valence-electron chi connectivity index (χ1n) is 11.0. The predicted molar refractivity (Wildman–Crippen MR) is 117 cm³/mol. The first-order valence-corrected chi connectivity index (χ1v) is 11.0. The van der Waals surface area contributed by atoms with E-state index in [-0.39, 0.29) is 5.91 Å². The van der Waals surface area contributed by atoms with Gasteiger partial charge in [0.05, 0.1) is 0 Å². The molecule has 0 bridgehead atoms. The lowest BCUT2D eigenvalue weighted by atomic mass is 9.89. The number of rotatable bonds is 8. The molecule has 156 valence electrons. The topological polar surface area (TPSA) is 68.0 Å². The minimum atomic E-state index is -0.0329. The molecule has 3 aromatic rings. The van der Waals surface area contributed by atoms with Crippen molar-refractivity contribution in [2.45, 2.75) is 51.4 Å². The van der Waals surface area contributed by atoms with Crippen LogP contribution < -0.4 is 5.32 Å². The summed E-state index contributed by atoms with van der Waals surface area (Å²) in [6.07, 6.45) is 6.55. The Kier molecular flexibility index (Phi) is 6.57. The van der Waals surface area contributed by atoms with Gasteiger partial charge in [-0.2, -0.15) is 4.98 Å². The lowest BCUT2D eigenvalue weighted by Crippen LogP contribution is -2.30. The number of hydrogen-bond donors (Lipinski definition) is 1. The van der Waals surface area contributed by atoms with E-state index in [1.807, 2.05) is 24.3 Å². The largest absolute Gasteiger partial charge is 0.352 e. The summed E-state index contributed by atoms with van der Waals surface area (Å²) in [5.41, 5.74) is 2.87. The summed E-state index contributed by atoms with van der Waals surface area (Å²) in [7, 11) is 0. The zero-order valence-corrected chi connectivity index (χ0v) is 17.5. The molecular formula is C25H29N3O2. The molecule has 1 aromatic heterocycles. The number of unbranched alkanes of at least 4 members (excludes halogenated alkanes) is 1. The van der Waals surface area contributed by atoms with Crippen LogP contribution in [0.2, 0.25) is 0 Å². The second-order valence-electron chi connectivity index (χ2n) is 8.11. The highest BCUT2D eigenvalue weighted by atomic mass is 16.5. The average Bonchev–Trinajstić information content (AvgIpc) is 3.46. The van der Waals surface area contributed by atoms with Gasteiger partial charge in [0.1, 0.15) is 0 Å². The van der Waals surface area contributed by atoms with E-state index in [0.29, 0.717) is 29.8 Å². The van der Waals surface area contributed by atoms with E-state index in [9.17, 15) is 4.79 Å². The first-order chi connectivity index (χ1) is 14.7. The maximum Gasteiger partial charge on any atom is 0.257 e. The van der Waals surface area contributed by atoms with Crippen molar-refractivity contribution in [2.24, 2.45) is 5.92 Å². The Balaban J connectivity index is 1.34. The van der Waals surface area contributed by atoms with Crippen LogP contribution in [-0.2, 0) is 6.42 Å². The van der Waals surface area contributed by atoms with Crippen LogP contribution in [0.1, 0.15) is 66.7 Å². The van der Waals surface area contributed by atoms with Crippen LogP contribution in [-0.4, -0.2) is 22.6 Å². The van der Waals surface area contributed by atoms with Crippen molar-refractivity contribution in [3.05, 3.63) is 71.5 Å². The van der Waals surface area contributed by atoms with Crippen molar-refractivity contribution < 1.29 is 9.32 Å². The summed E-state index contributed by atoms with van der Waals surface area (Å²) in [6.45, 7) is 2.85. The summed E-state index contributed by atoms with van der Waals surface area (Å²) < 4.78 is 5.36. The molecule has 0 spiro atoms. The van der Waals surface area contributed by atoms with Gasteiger partial charge < -0.3 is 9.84 Å². The Morgan fingerprint density at radius 3 is 2.67 bits per heavy atom. The maximum atomic E-state index is 12.7. The third-order valence-corrected chi connectivity index (χ3v) is 6.03. The predicted octanol–water partition coefficient (Wildman–Crippen LogP) is 5.39. The van der Waals surface area contributed by atoms with E-state index >= 15 is 0 Å². The molecule has 4 rings (SSSR count). The van der Waals surface area contributed by atoms with E-state index in [2.05, 4.69) is 52.7 Å². The number of aromatic nitrogens is 2. The highest BCUT2D eigenvalue weighted by molar-refractivity contribution is 5.94. The molecule has 1 fully saturated rings. The van der Waals surface area contributed by atoms with Gasteiger partial charge in [0.15, 0.2) is 5.82 Å². The van der Waals surface area contributed by atoms with Gasteiger partial charge in [0, 0.05) is 24.1 Å². The maximum absolute atomic E-state index is 12.7. The fourth-order valence-electron chi connectivity index (χ4n) is 4.32. The number of aryl methyl sites for hydroxylation is 1. The molecule has 2 aromatic carbocycles. The van der Waals surface area contributed by atoms with Crippen molar-refractivity contribution in [1.29, 1.82) is 0 Å². The lowest BCUT2D eigenvalue weighted by Gasteiger charge is -2.20. The molecule has 0 unspecified atom stereocenters. The molecule has 0 radical (unpaired) electrons. The van der Waals surface area contributed by atoms with Gasteiger partial charge in [0.25, 0.3) is 11.8 Å². The zero-order valence-electron chi connectivity index (χ0n) is 17.5. The molecule has 30 heavy (non-hydrogen) atoms. The van der Waals surface area contributed by atoms with Crippen molar-refractivity contribution in [1.82, 2.24) is 15.5 Å². The molecule has 1 saturated carbocycles. The molecule has 1 amide bonds. The molecule has 2 atom stereocenters. The van der Waals surface area contributed by atoms with Gasteiger partial charge in [0.2, 0.25) is 0 Å². The van der Waals surface area contributed by atoms with E-state index in [1.54, 1.807) is 0 Å². The van der Waals surface area contributed by atoms with Gasteiger partial charge in [-0.1, -0.05) is 55.3 Å². The Labute approximate surface area is 177 Å². The molecule has 1 aliphatic rings. The summed E-state index contributed by atoms with van der Waals surface area (Å²) in [6, 6.07) is 18.0. The van der Waals surface area contributed by atoms with Crippen LogP contribution in [0.3, 0.4) is 0 Å². The van der Waals surface area contributed by atoms with E-state index in [1.165, 1.54) is 18.4 Å². The zero-order chi connectivity index (χ0) is 20.8. The van der Waals surface area contributed by atoms with E-state index in [0.717, 1.165) is 37.1 Å². The Bertz CT molecular complexity index is 950. The van der Waals surface area contributed by atoms with Gasteiger partial charge in [-0.3, -0.25) is 4.79 Å². The standard InChI is InChI=1S/C25H29N3O2/c1-2-3-12-23-27-25(30-28-23)20-15-13-19(14-16-20)24(29)26-17-21-10-7-11-22(21)18-8-5-4-6-9-18/h4-6,8-9,13-16,21-22H,2-3,7,10-12,17H2,1H3,(H,26,29)/t21-,22+/m0/s1. The highest BCUT2D eigenvalue weighted by Gasteiger charge is 2.28. The van der Waals surface area contributed by atoms with Crippen LogP contribution in [0.5, 0.6) is 0 Å². The molecule has 1 aliphatic carbocycles. The number of carbonyl (C=O) groups excluding carboxylic acids is 1. The monoisotopic (exact) mass is 403 g/mol. The van der Waals surface area contributed by atoms with E-state index < -0.39 is 0 Å². The molecule has 1 N–H and O–H groups in total. The minimum absolute atomic E-state index is 0.0329. The summed E-state index contributed by atoms with van der Waals surface area (Å²) in [5.74, 6) is 2.24. The molecule has 5 nitrogen and oxygen atoms in total. The third-order valence-electron chi connectivity index (χ3n) is 6.03. The number of amides is 1. The summed E-state index contributed by atoms with van der Waals surface area (Å²) >= 11 is 0.